The molecule has 1 atom stereocenters. The van der Waals surface area contributed by atoms with E-state index in [0.29, 0.717) is 17.2 Å². The van der Waals surface area contributed by atoms with Crippen LogP contribution in [-0.4, -0.2) is 41.4 Å². The van der Waals surface area contributed by atoms with Crippen molar-refractivity contribution in [2.24, 2.45) is 5.92 Å². The Kier molecular flexibility index (Phi) is 5.21. The van der Waals surface area contributed by atoms with E-state index in [1.807, 2.05) is 13.8 Å². The smallest absolute Gasteiger partial charge is 0.321 e. The standard InChI is InChI=1S/C17H24N2O5/c1-5-17(6-2)23-13-8-7-12(9-14(13)24-17)18-16(22)19(4)10-11(3)15(20)21/h7-9,11H,5-6,10H2,1-4H3,(H,18,22)(H,20,21). The molecule has 7 heteroatoms. The number of aliphatic carboxylic acids is 1. The monoisotopic (exact) mass is 336 g/mol. The van der Waals surface area contributed by atoms with Gasteiger partial charge in [0.2, 0.25) is 0 Å². The maximum absolute atomic E-state index is 12.2. The first-order valence-corrected chi connectivity index (χ1v) is 8.07. The number of carbonyl (C=O) groups excluding carboxylic acids is 1. The molecule has 0 spiro atoms. The average Bonchev–Trinajstić information content (AvgIpc) is 2.93. The fraction of sp³-hybridized carbons (Fsp3) is 0.529. The maximum atomic E-state index is 12.2. The van der Waals surface area contributed by atoms with E-state index < -0.39 is 17.7 Å². The number of fused-ring (bicyclic) bond motifs is 1. The van der Waals surface area contributed by atoms with Gasteiger partial charge in [0.25, 0.3) is 5.79 Å². The minimum absolute atomic E-state index is 0.125. The molecule has 1 aromatic rings. The summed E-state index contributed by atoms with van der Waals surface area (Å²) < 4.78 is 11.8. The lowest BCUT2D eigenvalue weighted by Crippen LogP contribution is -2.36. The summed E-state index contributed by atoms with van der Waals surface area (Å²) in [5, 5.41) is 11.7. The van der Waals surface area contributed by atoms with Crippen molar-refractivity contribution in [3.05, 3.63) is 18.2 Å². The summed E-state index contributed by atoms with van der Waals surface area (Å²) in [6, 6.07) is 4.84. The van der Waals surface area contributed by atoms with Gasteiger partial charge in [-0.2, -0.15) is 0 Å². The molecule has 0 fully saturated rings. The van der Waals surface area contributed by atoms with Crippen molar-refractivity contribution < 1.29 is 24.2 Å². The highest BCUT2D eigenvalue weighted by atomic mass is 16.7. The highest BCUT2D eigenvalue weighted by Crippen LogP contribution is 2.43. The minimum atomic E-state index is -0.937. The summed E-state index contributed by atoms with van der Waals surface area (Å²) in [5.41, 5.74) is 0.570. The number of hydrogen-bond acceptors (Lipinski definition) is 4. The van der Waals surface area contributed by atoms with Crippen molar-refractivity contribution in [2.45, 2.75) is 39.4 Å². The highest BCUT2D eigenvalue weighted by molar-refractivity contribution is 5.90. The lowest BCUT2D eigenvalue weighted by molar-refractivity contribution is -0.141. The Bertz CT molecular complexity index is 627. The van der Waals surface area contributed by atoms with Crippen molar-refractivity contribution >= 4 is 17.7 Å². The van der Waals surface area contributed by atoms with Gasteiger partial charge in [-0.25, -0.2) is 4.79 Å². The Labute approximate surface area is 141 Å². The van der Waals surface area contributed by atoms with Crippen molar-refractivity contribution in [1.29, 1.82) is 0 Å². The number of nitrogens with one attached hydrogen (secondary N) is 1. The van der Waals surface area contributed by atoms with Crippen LogP contribution in [-0.2, 0) is 4.79 Å². The second-order valence-corrected chi connectivity index (χ2v) is 6.03. The third-order valence-corrected chi connectivity index (χ3v) is 4.18. The van der Waals surface area contributed by atoms with Gasteiger partial charge >= 0.3 is 12.0 Å². The Morgan fingerprint density at radius 2 is 1.88 bits per heavy atom. The molecule has 1 aliphatic heterocycles. The quantitative estimate of drug-likeness (QED) is 0.833. The van der Waals surface area contributed by atoms with E-state index in [2.05, 4.69) is 5.32 Å². The Morgan fingerprint density at radius 3 is 2.46 bits per heavy atom. The summed E-state index contributed by atoms with van der Waals surface area (Å²) >= 11 is 0. The second kappa shape index (κ2) is 6.98. The number of amides is 2. The zero-order valence-corrected chi connectivity index (χ0v) is 14.5. The molecule has 0 bridgehead atoms. The predicted molar refractivity (Wildman–Crippen MR) is 89.5 cm³/mol. The molecule has 2 N–H and O–H groups in total. The van der Waals surface area contributed by atoms with E-state index in [0.717, 1.165) is 12.8 Å². The number of urea groups is 1. The van der Waals surface area contributed by atoms with Crippen molar-refractivity contribution in [3.63, 3.8) is 0 Å². The number of ether oxygens (including phenoxy) is 2. The molecular formula is C17H24N2O5. The van der Waals surface area contributed by atoms with E-state index in [1.165, 1.54) is 4.90 Å². The summed E-state index contributed by atoms with van der Waals surface area (Å²) in [7, 11) is 1.56. The van der Waals surface area contributed by atoms with Gasteiger partial charge in [-0.3, -0.25) is 4.79 Å². The first-order chi connectivity index (χ1) is 11.3. The first-order valence-electron chi connectivity index (χ1n) is 8.07. The van der Waals surface area contributed by atoms with Crippen molar-refractivity contribution in [1.82, 2.24) is 4.90 Å². The lowest BCUT2D eigenvalue weighted by atomic mass is 10.1. The van der Waals surface area contributed by atoms with Crippen LogP contribution in [0.4, 0.5) is 10.5 Å². The summed E-state index contributed by atoms with van der Waals surface area (Å²) in [4.78, 5) is 24.4. The van der Waals surface area contributed by atoms with Gasteiger partial charge in [-0.05, 0) is 12.1 Å². The molecule has 0 saturated heterocycles. The van der Waals surface area contributed by atoms with Crippen molar-refractivity contribution in [3.8, 4) is 11.5 Å². The molecule has 0 aliphatic carbocycles. The van der Waals surface area contributed by atoms with Crippen LogP contribution in [0.1, 0.15) is 33.6 Å². The van der Waals surface area contributed by atoms with E-state index >= 15 is 0 Å². The first kappa shape index (κ1) is 17.9. The normalized spacial score (nSPS) is 15.7. The predicted octanol–water partition coefficient (Wildman–Crippen LogP) is 3.16. The molecule has 1 aromatic carbocycles. The fourth-order valence-corrected chi connectivity index (χ4v) is 2.50. The van der Waals surface area contributed by atoms with E-state index in [4.69, 9.17) is 14.6 Å². The third-order valence-electron chi connectivity index (χ3n) is 4.18. The molecule has 1 unspecified atom stereocenters. The minimum Gasteiger partial charge on any atom is -0.481 e. The Balaban J connectivity index is 2.03. The van der Waals surface area contributed by atoms with Crippen LogP contribution in [0, 0.1) is 5.92 Å². The molecule has 2 rings (SSSR count). The summed E-state index contributed by atoms with van der Waals surface area (Å²) in [6.07, 6.45) is 1.44. The molecule has 0 saturated carbocycles. The van der Waals surface area contributed by atoms with Gasteiger partial charge in [0, 0.05) is 38.2 Å². The molecule has 0 radical (unpaired) electrons. The topological polar surface area (TPSA) is 88.1 Å². The van der Waals surface area contributed by atoms with Crippen molar-refractivity contribution in [2.75, 3.05) is 18.9 Å². The van der Waals surface area contributed by atoms with Gasteiger partial charge < -0.3 is 24.8 Å². The number of carboxylic acid groups (broad SMARTS) is 1. The molecule has 2 amide bonds. The Hall–Kier alpha value is -2.44. The largest absolute Gasteiger partial charge is 0.481 e. The van der Waals surface area contributed by atoms with Crippen LogP contribution >= 0.6 is 0 Å². The van der Waals surface area contributed by atoms with E-state index in [-0.39, 0.29) is 12.6 Å². The Morgan fingerprint density at radius 1 is 1.25 bits per heavy atom. The summed E-state index contributed by atoms with van der Waals surface area (Å²) in [5.74, 6) is -0.957. The number of carbonyl (C=O) groups is 2. The average molecular weight is 336 g/mol. The van der Waals surface area contributed by atoms with Gasteiger partial charge in [-0.1, -0.05) is 20.8 Å². The van der Waals surface area contributed by atoms with Gasteiger partial charge in [0.05, 0.1) is 5.92 Å². The van der Waals surface area contributed by atoms with Crippen LogP contribution in [0.15, 0.2) is 18.2 Å². The number of hydrogen-bond donors (Lipinski definition) is 2. The molecular weight excluding hydrogens is 312 g/mol. The fourth-order valence-electron chi connectivity index (χ4n) is 2.50. The molecule has 7 nitrogen and oxygen atoms in total. The number of carboxylic acids is 1. The SMILES string of the molecule is CCC1(CC)Oc2ccc(NC(=O)N(C)CC(C)C(=O)O)cc2O1. The molecule has 0 aromatic heterocycles. The van der Waals surface area contributed by atoms with Crippen LogP contribution in [0.25, 0.3) is 0 Å². The molecule has 132 valence electrons. The van der Waals surface area contributed by atoms with Gasteiger partial charge in [0.15, 0.2) is 11.5 Å². The van der Waals surface area contributed by atoms with Crippen LogP contribution in [0.3, 0.4) is 0 Å². The zero-order chi connectivity index (χ0) is 17.9. The second-order valence-electron chi connectivity index (χ2n) is 6.03. The maximum Gasteiger partial charge on any atom is 0.321 e. The number of nitrogens with zero attached hydrogens (tertiary/aromatic N) is 1. The number of anilines is 1. The molecule has 24 heavy (non-hydrogen) atoms. The van der Waals surface area contributed by atoms with Gasteiger partial charge in [-0.15, -0.1) is 0 Å². The summed E-state index contributed by atoms with van der Waals surface area (Å²) in [6.45, 7) is 5.68. The number of benzene rings is 1. The van der Waals surface area contributed by atoms with E-state index in [9.17, 15) is 9.59 Å². The molecule has 1 aliphatic rings. The van der Waals surface area contributed by atoms with Crippen LogP contribution in [0.5, 0.6) is 11.5 Å². The molecule has 1 heterocycles. The highest BCUT2D eigenvalue weighted by Gasteiger charge is 2.38. The third kappa shape index (κ3) is 3.72. The lowest BCUT2D eigenvalue weighted by Gasteiger charge is -2.24. The number of rotatable bonds is 6. The van der Waals surface area contributed by atoms with Gasteiger partial charge in [0.1, 0.15) is 0 Å². The van der Waals surface area contributed by atoms with E-state index in [1.54, 1.807) is 32.2 Å². The van der Waals surface area contributed by atoms with Crippen LogP contribution < -0.4 is 14.8 Å². The zero-order valence-electron chi connectivity index (χ0n) is 14.5. The van der Waals surface area contributed by atoms with Crippen LogP contribution in [0.2, 0.25) is 0 Å².